The molecule has 0 aliphatic carbocycles. The van der Waals surface area contributed by atoms with Crippen LogP contribution in [-0.4, -0.2) is 36.2 Å². The zero-order chi connectivity index (χ0) is 16.4. The summed E-state index contributed by atoms with van der Waals surface area (Å²) in [4.78, 5) is 26.6. The van der Waals surface area contributed by atoms with Crippen molar-refractivity contribution in [3.05, 3.63) is 57.8 Å². The van der Waals surface area contributed by atoms with Crippen LogP contribution in [0.4, 0.5) is 0 Å². The Bertz CT molecular complexity index is 717. The van der Waals surface area contributed by atoms with Crippen LogP contribution in [0.2, 0.25) is 0 Å². The number of rotatable bonds is 4. The molecule has 1 aliphatic heterocycles. The zero-order valence-electron chi connectivity index (χ0n) is 13.5. The number of hydrogen-bond donors (Lipinski definition) is 1. The van der Waals surface area contributed by atoms with Crippen molar-refractivity contribution in [2.75, 3.05) is 19.6 Å². The highest BCUT2D eigenvalue weighted by Crippen LogP contribution is 2.33. The number of thiophene rings is 1. The van der Waals surface area contributed by atoms with Crippen molar-refractivity contribution < 1.29 is 9.59 Å². The van der Waals surface area contributed by atoms with E-state index in [4.69, 9.17) is 5.73 Å². The van der Waals surface area contributed by atoms with Gasteiger partial charge in [0.2, 0.25) is 0 Å². The first-order valence-corrected chi connectivity index (χ1v) is 8.62. The van der Waals surface area contributed by atoms with Gasteiger partial charge in [0.15, 0.2) is 5.78 Å². The number of amides is 1. The van der Waals surface area contributed by atoms with E-state index in [-0.39, 0.29) is 35.9 Å². The van der Waals surface area contributed by atoms with Crippen molar-refractivity contribution in [3.63, 3.8) is 0 Å². The monoisotopic (exact) mass is 364 g/mol. The van der Waals surface area contributed by atoms with Crippen LogP contribution in [0.5, 0.6) is 0 Å². The topological polar surface area (TPSA) is 63.4 Å². The van der Waals surface area contributed by atoms with E-state index in [1.54, 1.807) is 11.4 Å². The molecule has 4 nitrogen and oxygen atoms in total. The Hall–Kier alpha value is -1.69. The molecule has 24 heavy (non-hydrogen) atoms. The van der Waals surface area contributed by atoms with E-state index >= 15 is 0 Å². The summed E-state index contributed by atoms with van der Waals surface area (Å²) in [6.07, 6.45) is 0. The second kappa shape index (κ2) is 7.92. The molecule has 2 atom stereocenters. The van der Waals surface area contributed by atoms with Crippen molar-refractivity contribution in [2.24, 2.45) is 11.7 Å². The number of carbonyl (C=O) groups is 2. The summed E-state index contributed by atoms with van der Waals surface area (Å²) in [6.45, 7) is 3.43. The van der Waals surface area contributed by atoms with Gasteiger partial charge in [-0.25, -0.2) is 0 Å². The van der Waals surface area contributed by atoms with E-state index in [9.17, 15) is 9.59 Å². The first-order valence-electron chi connectivity index (χ1n) is 7.74. The van der Waals surface area contributed by atoms with Crippen molar-refractivity contribution in [1.29, 1.82) is 0 Å². The molecule has 1 amide bonds. The van der Waals surface area contributed by atoms with Crippen LogP contribution in [0.3, 0.4) is 0 Å². The van der Waals surface area contributed by atoms with Gasteiger partial charge in [0.25, 0.3) is 5.91 Å². The molecule has 0 saturated carbocycles. The molecule has 2 aromatic rings. The van der Waals surface area contributed by atoms with Gasteiger partial charge >= 0.3 is 0 Å². The summed E-state index contributed by atoms with van der Waals surface area (Å²) in [5.41, 5.74) is 7.76. The molecular formula is C18H21ClN2O2S. The van der Waals surface area contributed by atoms with E-state index in [2.05, 4.69) is 12.1 Å². The first-order chi connectivity index (χ1) is 11.1. The molecule has 3 rings (SSSR count). The van der Waals surface area contributed by atoms with Gasteiger partial charge in [-0.3, -0.25) is 9.59 Å². The number of hydrogen-bond acceptors (Lipinski definition) is 4. The highest BCUT2D eigenvalue weighted by Gasteiger charge is 2.35. The van der Waals surface area contributed by atoms with Gasteiger partial charge in [0.1, 0.15) is 0 Å². The Morgan fingerprint density at radius 2 is 1.96 bits per heavy atom. The lowest BCUT2D eigenvalue weighted by Crippen LogP contribution is -2.29. The van der Waals surface area contributed by atoms with E-state index in [0.717, 1.165) is 0 Å². The summed E-state index contributed by atoms with van der Waals surface area (Å²) >= 11 is 1.34. The Morgan fingerprint density at radius 3 is 2.54 bits per heavy atom. The number of nitrogens with zero attached hydrogens (tertiary/aromatic N) is 1. The normalized spacial score (nSPS) is 19.8. The second-order valence-corrected chi connectivity index (χ2v) is 6.89. The second-order valence-electron chi connectivity index (χ2n) is 5.98. The van der Waals surface area contributed by atoms with E-state index < -0.39 is 0 Å². The predicted molar refractivity (Wildman–Crippen MR) is 99.2 cm³/mol. The highest BCUT2D eigenvalue weighted by atomic mass is 35.5. The minimum atomic E-state index is -0.0104. The summed E-state index contributed by atoms with van der Waals surface area (Å²) in [5, 5.41) is 1.75. The number of likely N-dealkylation sites (tertiary alicyclic amines) is 1. The van der Waals surface area contributed by atoms with Crippen LogP contribution in [0.25, 0.3) is 0 Å². The number of ketones is 1. The van der Waals surface area contributed by atoms with E-state index in [1.807, 2.05) is 23.1 Å². The highest BCUT2D eigenvalue weighted by molar-refractivity contribution is 7.12. The number of nitrogens with two attached hydrogens (primary N) is 1. The van der Waals surface area contributed by atoms with Crippen LogP contribution in [-0.2, 0) is 0 Å². The van der Waals surface area contributed by atoms with Gasteiger partial charge in [-0.1, -0.05) is 30.3 Å². The third-order valence-corrected chi connectivity index (χ3v) is 5.39. The van der Waals surface area contributed by atoms with Crippen molar-refractivity contribution >= 4 is 35.4 Å². The van der Waals surface area contributed by atoms with Crippen LogP contribution in [0.15, 0.2) is 41.8 Å². The van der Waals surface area contributed by atoms with Gasteiger partial charge in [0, 0.05) is 30.0 Å². The fourth-order valence-electron chi connectivity index (χ4n) is 3.14. The standard InChI is InChI=1S/C18H20N2O2S.ClH/c1-12(21)14-7-17(23-11-14)18(22)20-9-15(8-19)16(10-20)13-5-3-2-4-6-13;/h2-7,11,15-16H,8-10,19H2,1H3;1H/t15-,16+;/m1./s1. The van der Waals surface area contributed by atoms with Gasteiger partial charge in [-0.05, 0) is 31.0 Å². The molecule has 6 heteroatoms. The summed E-state index contributed by atoms with van der Waals surface area (Å²) in [5.74, 6) is 0.536. The SMILES string of the molecule is CC(=O)c1csc(C(=O)N2C[C@@H](CN)[C@H](c3ccccc3)C2)c1.Cl. The molecule has 1 aromatic carbocycles. The average molecular weight is 365 g/mol. The Kier molecular flexibility index (Phi) is 6.15. The third kappa shape index (κ3) is 3.69. The quantitative estimate of drug-likeness (QED) is 0.847. The maximum atomic E-state index is 12.7. The number of halogens is 1. The predicted octanol–water partition coefficient (Wildman–Crippen LogP) is 3.19. The zero-order valence-corrected chi connectivity index (χ0v) is 15.1. The molecule has 1 fully saturated rings. The fourth-order valence-corrected chi connectivity index (χ4v) is 4.06. The minimum Gasteiger partial charge on any atom is -0.337 e. The Morgan fingerprint density at radius 1 is 1.25 bits per heavy atom. The maximum Gasteiger partial charge on any atom is 0.263 e. The van der Waals surface area contributed by atoms with Crippen molar-refractivity contribution in [3.8, 4) is 0 Å². The first kappa shape index (κ1) is 18.6. The van der Waals surface area contributed by atoms with E-state index in [1.165, 1.54) is 23.8 Å². The number of carbonyl (C=O) groups excluding carboxylic acids is 2. The summed E-state index contributed by atoms with van der Waals surface area (Å²) in [7, 11) is 0. The summed E-state index contributed by atoms with van der Waals surface area (Å²) < 4.78 is 0. The molecule has 128 valence electrons. The minimum absolute atomic E-state index is 0. The van der Waals surface area contributed by atoms with Gasteiger partial charge in [-0.2, -0.15) is 0 Å². The van der Waals surface area contributed by atoms with Gasteiger partial charge in [0.05, 0.1) is 4.88 Å². The molecule has 2 N–H and O–H groups in total. The Balaban J connectivity index is 0.00000208. The van der Waals surface area contributed by atoms with Gasteiger partial charge < -0.3 is 10.6 Å². The molecule has 0 bridgehead atoms. The molecule has 0 unspecified atom stereocenters. The summed E-state index contributed by atoms with van der Waals surface area (Å²) in [6, 6.07) is 11.9. The fraction of sp³-hybridized carbons (Fsp3) is 0.333. The Labute approximate surface area is 152 Å². The number of Topliss-reactive ketones (excluding diaryl/α,β-unsaturated/α-hetero) is 1. The average Bonchev–Trinajstić information content (AvgIpc) is 3.22. The molecule has 1 aliphatic rings. The molecule has 2 heterocycles. The lowest BCUT2D eigenvalue weighted by atomic mass is 9.89. The van der Waals surface area contributed by atoms with Crippen LogP contribution in [0, 0.1) is 5.92 Å². The smallest absolute Gasteiger partial charge is 0.263 e. The molecule has 1 saturated heterocycles. The largest absolute Gasteiger partial charge is 0.337 e. The molecular weight excluding hydrogens is 344 g/mol. The lowest BCUT2D eigenvalue weighted by molar-refractivity contribution is 0.0791. The molecule has 0 spiro atoms. The number of benzene rings is 1. The van der Waals surface area contributed by atoms with Gasteiger partial charge in [-0.15, -0.1) is 23.7 Å². The van der Waals surface area contributed by atoms with E-state index in [0.29, 0.717) is 30.1 Å². The van der Waals surface area contributed by atoms with Crippen LogP contribution < -0.4 is 5.73 Å². The van der Waals surface area contributed by atoms with Crippen molar-refractivity contribution in [2.45, 2.75) is 12.8 Å². The maximum absolute atomic E-state index is 12.7. The van der Waals surface area contributed by atoms with Crippen LogP contribution >= 0.6 is 23.7 Å². The van der Waals surface area contributed by atoms with Crippen LogP contribution in [0.1, 0.15) is 38.4 Å². The third-order valence-electron chi connectivity index (χ3n) is 4.48. The molecule has 0 radical (unpaired) electrons. The van der Waals surface area contributed by atoms with Crippen molar-refractivity contribution in [1.82, 2.24) is 4.90 Å². The lowest BCUT2D eigenvalue weighted by Gasteiger charge is -2.16. The molecule has 1 aromatic heterocycles.